The largest absolute Gasteiger partial charge is 0.435 e. The summed E-state index contributed by atoms with van der Waals surface area (Å²) in [7, 11) is 0. The summed E-state index contributed by atoms with van der Waals surface area (Å²) in [5, 5.41) is 4.11. The number of aromatic nitrogens is 3. The number of rotatable bonds is 5. The molecule has 2 atom stereocenters. The molecule has 1 saturated heterocycles. The zero-order valence-electron chi connectivity index (χ0n) is 13.6. The van der Waals surface area contributed by atoms with E-state index in [-0.39, 0.29) is 18.0 Å². The van der Waals surface area contributed by atoms with Crippen LogP contribution in [0.3, 0.4) is 0 Å². The molecule has 2 heterocycles. The van der Waals surface area contributed by atoms with Crippen LogP contribution in [0.2, 0.25) is 0 Å². The summed E-state index contributed by atoms with van der Waals surface area (Å²) in [6.45, 7) is 3.10. The molecule has 0 amide bonds. The van der Waals surface area contributed by atoms with Gasteiger partial charge in [-0.1, -0.05) is 0 Å². The molecule has 0 radical (unpaired) electrons. The lowest BCUT2D eigenvalue weighted by Gasteiger charge is -2.30. The van der Waals surface area contributed by atoms with Gasteiger partial charge in [-0.2, -0.15) is 13.9 Å². The second kappa shape index (κ2) is 6.45. The maximum absolute atomic E-state index is 12.4. The smallest absolute Gasteiger partial charge is 0.387 e. The number of nitrogens with zero attached hydrogens (tertiary/aromatic N) is 3. The normalized spacial score (nSPS) is 26.9. The fraction of sp³-hybridized carbons (Fsp3) is 0.500. The Bertz CT molecular complexity index is 684. The summed E-state index contributed by atoms with van der Waals surface area (Å²) in [6, 6.07) is 4.72. The highest BCUT2D eigenvalue weighted by atomic mass is 19.3. The van der Waals surface area contributed by atoms with Crippen molar-refractivity contribution in [3.8, 4) is 5.75 Å². The van der Waals surface area contributed by atoms with E-state index in [4.69, 9.17) is 9.47 Å². The monoisotopic (exact) mass is 339 g/mol. The molecule has 0 spiro atoms. The molecule has 24 heavy (non-hydrogen) atoms. The van der Waals surface area contributed by atoms with Crippen molar-refractivity contribution in [1.82, 2.24) is 14.8 Å². The van der Waals surface area contributed by atoms with Crippen LogP contribution in [-0.2, 0) is 21.8 Å². The van der Waals surface area contributed by atoms with E-state index in [1.54, 1.807) is 30.1 Å². The summed E-state index contributed by atoms with van der Waals surface area (Å²) < 4.78 is 43.1. The standard InChI is InChI=1S/C16H19F2N3O3/c1-10-6-13(22-15(17)18)4-5-14(10)16(7-21-9-19-8-20-21)23-11(2)12(3)24-16/h4-6,8-9,11-12,15H,7H2,1-3H3. The van der Waals surface area contributed by atoms with E-state index in [0.29, 0.717) is 6.54 Å². The van der Waals surface area contributed by atoms with Crippen molar-refractivity contribution in [3.63, 3.8) is 0 Å². The quantitative estimate of drug-likeness (QED) is 0.838. The Morgan fingerprint density at radius 3 is 2.54 bits per heavy atom. The zero-order valence-corrected chi connectivity index (χ0v) is 13.6. The van der Waals surface area contributed by atoms with Crippen LogP contribution >= 0.6 is 0 Å². The number of halogens is 2. The maximum Gasteiger partial charge on any atom is 0.387 e. The molecule has 1 fully saturated rings. The van der Waals surface area contributed by atoms with Crippen molar-refractivity contribution in [2.75, 3.05) is 0 Å². The molecular formula is C16H19F2N3O3. The zero-order chi connectivity index (χ0) is 17.3. The van der Waals surface area contributed by atoms with Gasteiger partial charge in [-0.3, -0.25) is 0 Å². The SMILES string of the molecule is Cc1cc(OC(F)F)ccc1C1(Cn2cncn2)OC(C)C(C)O1. The lowest BCUT2D eigenvalue weighted by atomic mass is 9.99. The lowest BCUT2D eigenvalue weighted by Crippen LogP contribution is -2.34. The molecule has 0 bridgehead atoms. The maximum atomic E-state index is 12.4. The van der Waals surface area contributed by atoms with Gasteiger partial charge in [0.05, 0.1) is 12.2 Å². The van der Waals surface area contributed by atoms with Crippen LogP contribution < -0.4 is 4.74 Å². The Balaban J connectivity index is 1.97. The van der Waals surface area contributed by atoms with Gasteiger partial charge in [-0.25, -0.2) is 9.67 Å². The molecule has 3 rings (SSSR count). The average Bonchev–Trinajstić information content (AvgIpc) is 3.08. The summed E-state index contributed by atoms with van der Waals surface area (Å²) in [5.74, 6) is -0.957. The van der Waals surface area contributed by atoms with E-state index in [1.165, 1.54) is 12.4 Å². The van der Waals surface area contributed by atoms with Crippen molar-refractivity contribution in [2.24, 2.45) is 0 Å². The average molecular weight is 339 g/mol. The van der Waals surface area contributed by atoms with E-state index in [9.17, 15) is 8.78 Å². The molecule has 2 unspecified atom stereocenters. The fourth-order valence-corrected chi connectivity index (χ4v) is 2.87. The molecule has 0 aliphatic carbocycles. The third-order valence-electron chi connectivity index (χ3n) is 4.08. The summed E-state index contributed by atoms with van der Waals surface area (Å²) in [6.07, 6.45) is 2.77. The minimum atomic E-state index is -2.86. The fourth-order valence-electron chi connectivity index (χ4n) is 2.87. The van der Waals surface area contributed by atoms with Crippen molar-refractivity contribution in [3.05, 3.63) is 42.0 Å². The second-order valence-corrected chi connectivity index (χ2v) is 5.85. The van der Waals surface area contributed by atoms with Gasteiger partial charge in [0.15, 0.2) is 0 Å². The van der Waals surface area contributed by atoms with Gasteiger partial charge in [0.2, 0.25) is 5.79 Å². The van der Waals surface area contributed by atoms with Gasteiger partial charge in [0, 0.05) is 5.56 Å². The molecule has 2 aromatic rings. The van der Waals surface area contributed by atoms with Crippen molar-refractivity contribution < 1.29 is 23.0 Å². The number of alkyl halides is 2. The molecule has 1 aromatic heterocycles. The van der Waals surface area contributed by atoms with Crippen LogP contribution in [0.15, 0.2) is 30.9 Å². The van der Waals surface area contributed by atoms with Crippen molar-refractivity contribution in [2.45, 2.75) is 51.9 Å². The molecule has 8 heteroatoms. The highest BCUT2D eigenvalue weighted by Gasteiger charge is 2.47. The molecule has 0 N–H and O–H groups in total. The van der Waals surface area contributed by atoms with Gasteiger partial charge >= 0.3 is 6.61 Å². The van der Waals surface area contributed by atoms with E-state index >= 15 is 0 Å². The number of ether oxygens (including phenoxy) is 3. The Hall–Kier alpha value is -2.06. The molecule has 1 aliphatic rings. The van der Waals surface area contributed by atoms with Gasteiger partial charge < -0.3 is 14.2 Å². The summed E-state index contributed by atoms with van der Waals surface area (Å²) in [5.41, 5.74) is 1.48. The molecule has 130 valence electrons. The first-order valence-electron chi connectivity index (χ1n) is 7.63. The molecular weight excluding hydrogens is 320 g/mol. The first-order chi connectivity index (χ1) is 11.4. The lowest BCUT2D eigenvalue weighted by molar-refractivity contribution is -0.193. The third-order valence-corrected chi connectivity index (χ3v) is 4.08. The highest BCUT2D eigenvalue weighted by molar-refractivity contribution is 5.38. The van der Waals surface area contributed by atoms with Gasteiger partial charge in [-0.05, 0) is 44.5 Å². The predicted molar refractivity (Wildman–Crippen MR) is 80.6 cm³/mol. The van der Waals surface area contributed by atoms with Crippen LogP contribution in [0.1, 0.15) is 25.0 Å². The number of hydrogen-bond donors (Lipinski definition) is 0. The van der Waals surface area contributed by atoms with E-state index < -0.39 is 12.4 Å². The third kappa shape index (κ3) is 3.25. The molecule has 1 aliphatic heterocycles. The van der Waals surface area contributed by atoms with Crippen LogP contribution in [0, 0.1) is 6.92 Å². The molecule has 6 nitrogen and oxygen atoms in total. The molecule has 0 saturated carbocycles. The molecule has 1 aromatic carbocycles. The first kappa shape index (κ1) is 16.8. The first-order valence-corrected chi connectivity index (χ1v) is 7.63. The van der Waals surface area contributed by atoms with Crippen LogP contribution in [0.5, 0.6) is 5.75 Å². The van der Waals surface area contributed by atoms with Crippen LogP contribution in [0.4, 0.5) is 8.78 Å². The van der Waals surface area contributed by atoms with Gasteiger partial charge in [0.1, 0.15) is 24.9 Å². The van der Waals surface area contributed by atoms with Crippen LogP contribution in [0.25, 0.3) is 0 Å². The Morgan fingerprint density at radius 1 is 1.29 bits per heavy atom. The second-order valence-electron chi connectivity index (χ2n) is 5.85. The predicted octanol–water partition coefficient (Wildman–Crippen LogP) is 2.86. The van der Waals surface area contributed by atoms with E-state index in [1.807, 2.05) is 13.8 Å². The Kier molecular flexibility index (Phi) is 4.51. The highest BCUT2D eigenvalue weighted by Crippen LogP contribution is 2.41. The number of benzene rings is 1. The van der Waals surface area contributed by atoms with Gasteiger partial charge in [-0.15, -0.1) is 0 Å². The Morgan fingerprint density at radius 2 is 2.00 bits per heavy atom. The van der Waals surface area contributed by atoms with E-state index in [2.05, 4.69) is 14.8 Å². The summed E-state index contributed by atoms with van der Waals surface area (Å²) in [4.78, 5) is 3.93. The number of aryl methyl sites for hydroxylation is 1. The van der Waals surface area contributed by atoms with E-state index in [0.717, 1.165) is 11.1 Å². The van der Waals surface area contributed by atoms with Crippen molar-refractivity contribution >= 4 is 0 Å². The minimum absolute atomic E-state index is 0.0984. The van der Waals surface area contributed by atoms with Crippen molar-refractivity contribution in [1.29, 1.82) is 0 Å². The van der Waals surface area contributed by atoms with Gasteiger partial charge in [0.25, 0.3) is 0 Å². The topological polar surface area (TPSA) is 58.4 Å². The van der Waals surface area contributed by atoms with Crippen LogP contribution in [-0.4, -0.2) is 33.6 Å². The Labute approximate surface area is 138 Å². The summed E-state index contributed by atoms with van der Waals surface area (Å²) >= 11 is 0. The number of hydrogen-bond acceptors (Lipinski definition) is 5. The minimum Gasteiger partial charge on any atom is -0.435 e.